The van der Waals surface area contributed by atoms with Crippen LogP contribution in [-0.2, 0) is 9.53 Å². The maximum atomic E-state index is 12.7. The zero-order valence-corrected chi connectivity index (χ0v) is 12.8. The van der Waals surface area contributed by atoms with Crippen LogP contribution in [-0.4, -0.2) is 70.4 Å². The Balaban J connectivity index is 2.11. The summed E-state index contributed by atoms with van der Waals surface area (Å²) in [6.45, 7) is 3.25. The van der Waals surface area contributed by atoms with E-state index in [0.29, 0.717) is 19.0 Å². The largest absolute Gasteiger partial charge is 0.480 e. The number of carboxylic acid groups (broad SMARTS) is 1. The van der Waals surface area contributed by atoms with Crippen LogP contribution >= 0.6 is 11.8 Å². The van der Waals surface area contributed by atoms with E-state index in [1.54, 1.807) is 28.6 Å². The smallest absolute Gasteiger partial charge is 0.327 e. The van der Waals surface area contributed by atoms with E-state index in [1.807, 2.05) is 6.92 Å². The number of rotatable bonds is 4. The summed E-state index contributed by atoms with van der Waals surface area (Å²) in [5, 5.41) is 9.29. The minimum Gasteiger partial charge on any atom is -0.480 e. The third-order valence-corrected chi connectivity index (χ3v) is 5.24. The fraction of sp³-hybridized carbons (Fsp3) is 0.846. The Morgan fingerprint density at radius 3 is 2.80 bits per heavy atom. The molecule has 2 fully saturated rings. The monoisotopic (exact) mass is 302 g/mol. The molecule has 2 heterocycles. The fourth-order valence-electron chi connectivity index (χ4n) is 2.65. The van der Waals surface area contributed by atoms with Crippen molar-refractivity contribution < 1.29 is 19.4 Å². The van der Waals surface area contributed by atoms with Crippen molar-refractivity contribution in [1.29, 1.82) is 0 Å². The van der Waals surface area contributed by atoms with Gasteiger partial charge in [0.2, 0.25) is 0 Å². The molecule has 1 N–H and O–H groups in total. The number of likely N-dealkylation sites (N-methyl/N-ethyl adjacent to an activating group) is 1. The van der Waals surface area contributed by atoms with Crippen molar-refractivity contribution in [3.8, 4) is 0 Å². The first-order valence-electron chi connectivity index (χ1n) is 7.03. The average Bonchev–Trinajstić information content (AvgIpc) is 3.06. The Kier molecular flexibility index (Phi) is 5.15. The molecule has 0 saturated carbocycles. The first kappa shape index (κ1) is 15.4. The highest BCUT2D eigenvalue weighted by molar-refractivity contribution is 8.00. The van der Waals surface area contributed by atoms with Gasteiger partial charge in [0.1, 0.15) is 6.04 Å². The molecule has 2 aliphatic rings. The number of amides is 2. The highest BCUT2D eigenvalue weighted by Crippen LogP contribution is 2.33. The van der Waals surface area contributed by atoms with Crippen molar-refractivity contribution in [3.05, 3.63) is 0 Å². The summed E-state index contributed by atoms with van der Waals surface area (Å²) in [7, 11) is 1.74. The van der Waals surface area contributed by atoms with Gasteiger partial charge >= 0.3 is 12.0 Å². The molecule has 7 heteroatoms. The normalized spacial score (nSPS) is 29.7. The molecule has 0 aliphatic carbocycles. The van der Waals surface area contributed by atoms with E-state index in [9.17, 15) is 14.7 Å². The van der Waals surface area contributed by atoms with Crippen LogP contribution in [0, 0.1) is 0 Å². The van der Waals surface area contributed by atoms with Crippen molar-refractivity contribution in [1.82, 2.24) is 9.80 Å². The van der Waals surface area contributed by atoms with Crippen molar-refractivity contribution in [2.24, 2.45) is 0 Å². The molecule has 0 aromatic rings. The van der Waals surface area contributed by atoms with Gasteiger partial charge in [0.05, 0.1) is 18.0 Å². The number of carboxylic acids is 1. The van der Waals surface area contributed by atoms with Crippen molar-refractivity contribution in [2.75, 3.05) is 26.0 Å². The van der Waals surface area contributed by atoms with Crippen LogP contribution in [0.3, 0.4) is 0 Å². The standard InChI is InChI=1S/C13H22N2O4S/c1-3-4-11-15(10(8-20-11)12(16)17)13(18)14(2)9-5-6-19-7-9/h9-11H,3-8H2,1-2H3,(H,16,17). The van der Waals surface area contributed by atoms with Crippen LogP contribution < -0.4 is 0 Å². The molecule has 3 unspecified atom stereocenters. The number of carbonyl (C=O) groups is 2. The van der Waals surface area contributed by atoms with E-state index in [4.69, 9.17) is 4.74 Å². The van der Waals surface area contributed by atoms with Crippen molar-refractivity contribution in [3.63, 3.8) is 0 Å². The van der Waals surface area contributed by atoms with Crippen LogP contribution in [0.5, 0.6) is 0 Å². The molecule has 0 radical (unpaired) electrons. The molecule has 2 aliphatic heterocycles. The van der Waals surface area contributed by atoms with Gasteiger partial charge in [0, 0.05) is 19.4 Å². The number of thioether (sulfide) groups is 1. The number of hydrogen-bond acceptors (Lipinski definition) is 4. The third-order valence-electron chi connectivity index (χ3n) is 3.89. The highest BCUT2D eigenvalue weighted by Gasteiger charge is 2.43. The summed E-state index contributed by atoms with van der Waals surface area (Å²) in [6.07, 6.45) is 2.58. The van der Waals surface area contributed by atoms with Crippen molar-refractivity contribution >= 4 is 23.8 Å². The molecule has 2 rings (SSSR count). The number of nitrogens with zero attached hydrogens (tertiary/aromatic N) is 2. The Bertz CT molecular complexity index is 373. The molecule has 0 spiro atoms. The number of urea groups is 1. The lowest BCUT2D eigenvalue weighted by Crippen LogP contribution is -2.53. The number of carbonyl (C=O) groups excluding carboxylic acids is 1. The summed E-state index contributed by atoms with van der Waals surface area (Å²) in [5.41, 5.74) is 0. The zero-order chi connectivity index (χ0) is 14.7. The molecule has 0 aromatic carbocycles. The second kappa shape index (κ2) is 6.67. The maximum Gasteiger partial charge on any atom is 0.327 e. The Hall–Kier alpha value is -0.950. The molecule has 114 valence electrons. The van der Waals surface area contributed by atoms with Gasteiger partial charge in [-0.3, -0.25) is 4.90 Å². The van der Waals surface area contributed by atoms with Gasteiger partial charge in [-0.05, 0) is 12.8 Å². The second-order valence-electron chi connectivity index (χ2n) is 5.25. The summed E-state index contributed by atoms with van der Waals surface area (Å²) < 4.78 is 5.31. The number of aliphatic carboxylic acids is 1. The number of hydrogen-bond donors (Lipinski definition) is 1. The summed E-state index contributed by atoms with van der Waals surface area (Å²) in [4.78, 5) is 27.2. The molecule has 6 nitrogen and oxygen atoms in total. The highest BCUT2D eigenvalue weighted by atomic mass is 32.2. The van der Waals surface area contributed by atoms with Crippen LogP contribution in [0.2, 0.25) is 0 Å². The topological polar surface area (TPSA) is 70.1 Å². The Morgan fingerprint density at radius 2 is 2.25 bits per heavy atom. The molecule has 0 bridgehead atoms. The fourth-order valence-corrected chi connectivity index (χ4v) is 4.15. The quantitative estimate of drug-likeness (QED) is 0.851. The first-order chi connectivity index (χ1) is 9.56. The molecule has 2 amide bonds. The summed E-state index contributed by atoms with van der Waals surface area (Å²) in [6, 6.07) is -0.838. The summed E-state index contributed by atoms with van der Waals surface area (Å²) >= 11 is 1.57. The molecular weight excluding hydrogens is 280 g/mol. The lowest BCUT2D eigenvalue weighted by molar-refractivity contribution is -0.141. The van der Waals surface area contributed by atoms with E-state index < -0.39 is 12.0 Å². The Morgan fingerprint density at radius 1 is 1.50 bits per heavy atom. The average molecular weight is 302 g/mol. The summed E-state index contributed by atoms with van der Waals surface area (Å²) in [5.74, 6) is -0.443. The molecular formula is C13H22N2O4S. The number of ether oxygens (including phenoxy) is 1. The molecule has 3 atom stereocenters. The SMILES string of the molecule is CCCC1SCC(C(=O)O)N1C(=O)N(C)C1CCOC1. The van der Waals surface area contributed by atoms with E-state index in [2.05, 4.69) is 0 Å². The third kappa shape index (κ3) is 3.03. The first-order valence-corrected chi connectivity index (χ1v) is 8.08. The minimum atomic E-state index is -0.916. The van der Waals surface area contributed by atoms with Gasteiger partial charge in [-0.2, -0.15) is 0 Å². The van der Waals surface area contributed by atoms with Crippen LogP contribution in [0.15, 0.2) is 0 Å². The van der Waals surface area contributed by atoms with Crippen molar-refractivity contribution in [2.45, 2.75) is 43.6 Å². The predicted molar refractivity (Wildman–Crippen MR) is 76.8 cm³/mol. The predicted octanol–water partition coefficient (Wildman–Crippen LogP) is 1.46. The van der Waals surface area contributed by atoms with Crippen LogP contribution in [0.4, 0.5) is 4.79 Å². The maximum absolute atomic E-state index is 12.7. The van der Waals surface area contributed by atoms with Gasteiger partial charge in [-0.25, -0.2) is 9.59 Å². The second-order valence-corrected chi connectivity index (χ2v) is 6.46. The molecule has 0 aromatic heterocycles. The lowest BCUT2D eigenvalue weighted by Gasteiger charge is -2.33. The van der Waals surface area contributed by atoms with Gasteiger partial charge in [-0.15, -0.1) is 11.8 Å². The minimum absolute atomic E-state index is 0.0293. The lowest BCUT2D eigenvalue weighted by atomic mass is 10.2. The van der Waals surface area contributed by atoms with Gasteiger partial charge < -0.3 is 14.7 Å². The van der Waals surface area contributed by atoms with Crippen LogP contribution in [0.1, 0.15) is 26.2 Å². The molecule has 2 saturated heterocycles. The van der Waals surface area contributed by atoms with E-state index >= 15 is 0 Å². The van der Waals surface area contributed by atoms with Gasteiger partial charge in [0.25, 0.3) is 0 Å². The Labute approximate surface area is 123 Å². The molecule has 20 heavy (non-hydrogen) atoms. The van der Waals surface area contributed by atoms with E-state index in [-0.39, 0.29) is 17.4 Å². The van der Waals surface area contributed by atoms with Crippen LogP contribution in [0.25, 0.3) is 0 Å². The zero-order valence-electron chi connectivity index (χ0n) is 11.9. The van der Waals surface area contributed by atoms with E-state index in [0.717, 1.165) is 19.3 Å². The van der Waals surface area contributed by atoms with E-state index in [1.165, 1.54) is 0 Å². The van der Waals surface area contributed by atoms with Gasteiger partial charge in [0.15, 0.2) is 0 Å². The van der Waals surface area contributed by atoms with Gasteiger partial charge in [-0.1, -0.05) is 13.3 Å².